The number of aromatic hydroxyl groups is 1. The van der Waals surface area contributed by atoms with Gasteiger partial charge in [0, 0.05) is 28.1 Å². The van der Waals surface area contributed by atoms with Crippen LogP contribution in [-0.2, 0) is 0 Å². The van der Waals surface area contributed by atoms with Gasteiger partial charge in [-0.2, -0.15) is 0 Å². The number of halogens is 1. The van der Waals surface area contributed by atoms with E-state index in [2.05, 4.69) is 15.9 Å². The summed E-state index contributed by atoms with van der Waals surface area (Å²) >= 11 is 3.33. The number of rotatable bonds is 3. The zero-order chi connectivity index (χ0) is 12.5. The van der Waals surface area contributed by atoms with Gasteiger partial charge in [0.25, 0.3) is 0 Å². The second-order valence-electron chi connectivity index (χ2n) is 4.52. The highest BCUT2D eigenvalue weighted by atomic mass is 79.9. The average molecular weight is 289 g/mol. The summed E-state index contributed by atoms with van der Waals surface area (Å²) in [6, 6.07) is 2.83. The van der Waals surface area contributed by atoms with E-state index in [0.29, 0.717) is 10.0 Å². The molecule has 0 aliphatic heterocycles. The van der Waals surface area contributed by atoms with Gasteiger partial charge in [0.2, 0.25) is 0 Å². The van der Waals surface area contributed by atoms with E-state index < -0.39 is 11.5 Å². The maximum Gasteiger partial charge on any atom is 0.144 e. The van der Waals surface area contributed by atoms with E-state index in [4.69, 9.17) is 11.5 Å². The molecule has 6 N–H and O–H groups in total. The summed E-state index contributed by atoms with van der Waals surface area (Å²) < 4.78 is 0.688. The molecule has 16 heavy (non-hydrogen) atoms. The Morgan fingerprint density at radius 2 is 2.00 bits per heavy atom. The SMILES string of the molecule is CC(C)(CO)[C@@H](N)c1c(Br)ccc(N)c1O. The first-order valence-corrected chi connectivity index (χ1v) is 5.74. The molecule has 5 heteroatoms. The van der Waals surface area contributed by atoms with Crippen molar-refractivity contribution in [2.75, 3.05) is 12.3 Å². The first kappa shape index (κ1) is 13.3. The van der Waals surface area contributed by atoms with Gasteiger partial charge in [-0.05, 0) is 12.1 Å². The highest BCUT2D eigenvalue weighted by Gasteiger charge is 2.31. The molecule has 1 aromatic carbocycles. The molecule has 0 aliphatic rings. The van der Waals surface area contributed by atoms with E-state index in [1.807, 2.05) is 13.8 Å². The number of hydrogen-bond donors (Lipinski definition) is 4. The Bertz CT molecular complexity index is 394. The van der Waals surface area contributed by atoms with Crippen molar-refractivity contribution in [1.29, 1.82) is 0 Å². The number of aliphatic hydroxyl groups is 1. The molecule has 0 aromatic heterocycles. The zero-order valence-corrected chi connectivity index (χ0v) is 11.0. The number of anilines is 1. The van der Waals surface area contributed by atoms with E-state index in [9.17, 15) is 10.2 Å². The van der Waals surface area contributed by atoms with Crippen LogP contribution < -0.4 is 11.5 Å². The van der Waals surface area contributed by atoms with Crippen molar-refractivity contribution < 1.29 is 10.2 Å². The number of benzene rings is 1. The van der Waals surface area contributed by atoms with Crippen molar-refractivity contribution in [3.63, 3.8) is 0 Å². The van der Waals surface area contributed by atoms with E-state index in [-0.39, 0.29) is 18.0 Å². The van der Waals surface area contributed by atoms with Gasteiger partial charge in [0.1, 0.15) is 5.75 Å². The summed E-state index contributed by atoms with van der Waals surface area (Å²) in [5.74, 6) is -0.0246. The number of nitrogens with two attached hydrogens (primary N) is 2. The van der Waals surface area contributed by atoms with Crippen LogP contribution in [0.1, 0.15) is 25.5 Å². The van der Waals surface area contributed by atoms with Crippen LogP contribution in [0.4, 0.5) is 5.69 Å². The van der Waals surface area contributed by atoms with Gasteiger partial charge >= 0.3 is 0 Å². The predicted molar refractivity (Wildman–Crippen MR) is 68.0 cm³/mol. The maximum absolute atomic E-state index is 9.89. The molecule has 0 heterocycles. The van der Waals surface area contributed by atoms with E-state index in [1.54, 1.807) is 12.1 Å². The van der Waals surface area contributed by atoms with E-state index >= 15 is 0 Å². The Balaban J connectivity index is 3.28. The van der Waals surface area contributed by atoms with Crippen molar-refractivity contribution in [1.82, 2.24) is 0 Å². The minimum absolute atomic E-state index is 0.0246. The Labute approximate surface area is 103 Å². The van der Waals surface area contributed by atoms with Crippen LogP contribution in [0.15, 0.2) is 16.6 Å². The second kappa shape index (κ2) is 4.61. The van der Waals surface area contributed by atoms with Crippen molar-refractivity contribution in [3.05, 3.63) is 22.2 Å². The normalized spacial score (nSPS) is 13.8. The van der Waals surface area contributed by atoms with Gasteiger partial charge in [-0.1, -0.05) is 29.8 Å². The van der Waals surface area contributed by atoms with Crippen LogP contribution >= 0.6 is 15.9 Å². The highest BCUT2D eigenvalue weighted by Crippen LogP contribution is 2.41. The molecular formula is C11H17BrN2O2. The number of hydrogen-bond acceptors (Lipinski definition) is 4. The monoisotopic (exact) mass is 288 g/mol. The fraction of sp³-hybridized carbons (Fsp3) is 0.455. The van der Waals surface area contributed by atoms with E-state index in [1.165, 1.54) is 0 Å². The van der Waals surface area contributed by atoms with Crippen LogP contribution in [0.5, 0.6) is 5.75 Å². The van der Waals surface area contributed by atoms with Crippen molar-refractivity contribution >= 4 is 21.6 Å². The highest BCUT2D eigenvalue weighted by molar-refractivity contribution is 9.10. The minimum Gasteiger partial charge on any atom is -0.505 e. The fourth-order valence-corrected chi connectivity index (χ4v) is 1.95. The van der Waals surface area contributed by atoms with Crippen LogP contribution in [0.2, 0.25) is 0 Å². The number of phenolic OH excluding ortho intramolecular Hbond substituents is 1. The summed E-state index contributed by atoms with van der Waals surface area (Å²) in [6.45, 7) is 3.58. The van der Waals surface area contributed by atoms with Crippen LogP contribution in [0.25, 0.3) is 0 Å². The lowest BCUT2D eigenvalue weighted by molar-refractivity contribution is 0.131. The molecule has 0 fully saturated rings. The van der Waals surface area contributed by atoms with Gasteiger partial charge in [0.15, 0.2) is 0 Å². The van der Waals surface area contributed by atoms with Crippen LogP contribution in [0.3, 0.4) is 0 Å². The summed E-state index contributed by atoms with van der Waals surface area (Å²) in [4.78, 5) is 0. The summed E-state index contributed by atoms with van der Waals surface area (Å²) in [7, 11) is 0. The number of phenols is 1. The third-order valence-corrected chi connectivity index (χ3v) is 3.45. The Hall–Kier alpha value is -0.780. The van der Waals surface area contributed by atoms with Gasteiger partial charge in [-0.15, -0.1) is 0 Å². The first-order chi connectivity index (χ1) is 7.31. The lowest BCUT2D eigenvalue weighted by Gasteiger charge is -2.31. The smallest absolute Gasteiger partial charge is 0.144 e. The number of nitrogen functional groups attached to an aromatic ring is 1. The van der Waals surface area contributed by atoms with Crippen LogP contribution in [-0.4, -0.2) is 16.8 Å². The fourth-order valence-electron chi connectivity index (χ4n) is 1.39. The summed E-state index contributed by atoms with van der Waals surface area (Å²) in [6.07, 6.45) is 0. The van der Waals surface area contributed by atoms with E-state index in [0.717, 1.165) is 0 Å². The Morgan fingerprint density at radius 1 is 1.44 bits per heavy atom. The molecule has 0 bridgehead atoms. The first-order valence-electron chi connectivity index (χ1n) is 4.94. The molecule has 0 saturated carbocycles. The largest absolute Gasteiger partial charge is 0.505 e. The molecule has 0 spiro atoms. The molecule has 0 aliphatic carbocycles. The molecule has 1 atom stereocenters. The van der Waals surface area contributed by atoms with Crippen molar-refractivity contribution in [3.8, 4) is 5.75 Å². The quantitative estimate of drug-likeness (QED) is 0.504. The molecule has 0 radical (unpaired) electrons. The molecule has 0 unspecified atom stereocenters. The summed E-state index contributed by atoms with van der Waals surface area (Å²) in [5, 5.41) is 19.2. The molecule has 4 nitrogen and oxygen atoms in total. The lowest BCUT2D eigenvalue weighted by atomic mass is 9.81. The average Bonchev–Trinajstić information content (AvgIpc) is 2.24. The second-order valence-corrected chi connectivity index (χ2v) is 5.38. The third kappa shape index (κ3) is 2.31. The molecule has 1 rings (SSSR count). The topological polar surface area (TPSA) is 92.5 Å². The van der Waals surface area contributed by atoms with Gasteiger partial charge in [-0.25, -0.2) is 0 Å². The van der Waals surface area contributed by atoms with Crippen molar-refractivity contribution in [2.45, 2.75) is 19.9 Å². The lowest BCUT2D eigenvalue weighted by Crippen LogP contribution is -2.32. The molecular weight excluding hydrogens is 272 g/mol. The molecule has 0 amide bonds. The maximum atomic E-state index is 9.89. The Morgan fingerprint density at radius 3 is 2.50 bits per heavy atom. The Kier molecular flexibility index (Phi) is 3.83. The summed E-state index contributed by atoms with van der Waals surface area (Å²) in [5.41, 5.74) is 11.9. The molecule has 90 valence electrons. The molecule has 1 aromatic rings. The van der Waals surface area contributed by atoms with Crippen LogP contribution in [0, 0.1) is 5.41 Å². The third-order valence-electron chi connectivity index (χ3n) is 2.76. The van der Waals surface area contributed by atoms with Crippen molar-refractivity contribution in [2.24, 2.45) is 11.1 Å². The molecule has 0 saturated heterocycles. The number of aliphatic hydroxyl groups excluding tert-OH is 1. The zero-order valence-electron chi connectivity index (χ0n) is 9.37. The standard InChI is InChI=1S/C11H17BrN2O2/c1-11(2,5-15)10(14)8-6(12)3-4-7(13)9(8)16/h3-4,10,15-16H,5,13-14H2,1-2H3/t10-/m0/s1. The van der Waals surface area contributed by atoms with Gasteiger partial charge in [0.05, 0.1) is 5.69 Å². The predicted octanol–water partition coefficient (Wildman–Crippen LogP) is 1.76. The van der Waals surface area contributed by atoms with Gasteiger partial charge in [-0.3, -0.25) is 0 Å². The van der Waals surface area contributed by atoms with Gasteiger partial charge < -0.3 is 21.7 Å². The minimum atomic E-state index is -0.534.